The molecule has 1 unspecified atom stereocenters. The van der Waals surface area contributed by atoms with Gasteiger partial charge in [0.1, 0.15) is 22.9 Å². The molecule has 0 saturated carbocycles. The maximum Gasteiger partial charge on any atom is 0.170 e. The van der Waals surface area contributed by atoms with Gasteiger partial charge < -0.3 is 25.2 Å². The lowest BCUT2D eigenvalue weighted by Crippen LogP contribution is -2.38. The molecule has 4 rings (SSSR count). The van der Waals surface area contributed by atoms with Crippen LogP contribution in [0, 0.1) is 6.92 Å². The average Bonchev–Trinajstić information content (AvgIpc) is 3.14. The van der Waals surface area contributed by atoms with Gasteiger partial charge in [-0.05, 0) is 13.0 Å². The van der Waals surface area contributed by atoms with Crippen molar-refractivity contribution in [3.63, 3.8) is 0 Å². The molecular formula is C22H24ClN7O3. The summed E-state index contributed by atoms with van der Waals surface area (Å²) < 4.78 is 12.4. The van der Waals surface area contributed by atoms with E-state index < -0.39 is 6.23 Å². The van der Waals surface area contributed by atoms with Crippen LogP contribution in [0.1, 0.15) is 17.0 Å². The molecule has 172 valence electrons. The Morgan fingerprint density at radius 1 is 1.15 bits per heavy atom. The highest BCUT2D eigenvalue weighted by Gasteiger charge is 2.28. The number of anilines is 1. The number of aromatic nitrogens is 4. The molecule has 0 aliphatic carbocycles. The van der Waals surface area contributed by atoms with Gasteiger partial charge in [-0.25, -0.2) is 15.0 Å². The summed E-state index contributed by atoms with van der Waals surface area (Å²) in [6.45, 7) is 1.89. The molecule has 10 nitrogen and oxygen atoms in total. The maximum atomic E-state index is 10.9. The summed E-state index contributed by atoms with van der Waals surface area (Å²) in [6, 6.07) is 3.35. The number of hydrogen-bond donors (Lipinski definition) is 2. The molecular weight excluding hydrogens is 446 g/mol. The Morgan fingerprint density at radius 2 is 1.91 bits per heavy atom. The van der Waals surface area contributed by atoms with Crippen LogP contribution in [-0.4, -0.2) is 63.0 Å². The van der Waals surface area contributed by atoms with Gasteiger partial charge in [-0.1, -0.05) is 11.6 Å². The molecule has 0 bridgehead atoms. The third kappa shape index (κ3) is 4.10. The fraction of sp³-hybridized carbons (Fsp3) is 0.273. The third-order valence-corrected chi connectivity index (χ3v) is 5.66. The second-order valence-electron chi connectivity index (χ2n) is 7.53. The molecule has 33 heavy (non-hydrogen) atoms. The molecule has 0 radical (unpaired) electrons. The summed E-state index contributed by atoms with van der Waals surface area (Å²) in [7, 11) is 6.59. The number of nitrogen functional groups attached to an aromatic ring is 1. The third-order valence-electron chi connectivity index (χ3n) is 5.27. The van der Waals surface area contributed by atoms with Gasteiger partial charge in [0, 0.05) is 43.7 Å². The highest BCUT2D eigenvalue weighted by atomic mass is 35.5. The highest BCUT2D eigenvalue weighted by Crippen LogP contribution is 2.36. The molecule has 1 aliphatic rings. The van der Waals surface area contributed by atoms with Crippen LogP contribution in [0.25, 0.3) is 17.0 Å². The first-order chi connectivity index (χ1) is 15.7. The van der Waals surface area contributed by atoms with Crippen molar-refractivity contribution in [3.05, 3.63) is 52.7 Å². The number of aryl methyl sites for hydroxylation is 2. The van der Waals surface area contributed by atoms with E-state index in [-0.39, 0.29) is 5.82 Å². The first kappa shape index (κ1) is 22.6. The van der Waals surface area contributed by atoms with Crippen molar-refractivity contribution in [3.8, 4) is 22.8 Å². The van der Waals surface area contributed by atoms with E-state index in [1.165, 1.54) is 14.2 Å². The Labute approximate surface area is 196 Å². The number of nitrogens with two attached hydrogens (primary N) is 1. The molecule has 0 spiro atoms. The number of aliphatic imine (C=N–C) groups is 1. The van der Waals surface area contributed by atoms with Gasteiger partial charge in [0.05, 0.1) is 42.5 Å². The summed E-state index contributed by atoms with van der Waals surface area (Å²) >= 11 is 6.56. The van der Waals surface area contributed by atoms with E-state index in [0.717, 1.165) is 11.3 Å². The van der Waals surface area contributed by atoms with Crippen molar-refractivity contribution in [2.75, 3.05) is 27.0 Å². The standard InChI is InChI=1S/C22H24ClN7O3/c1-11-14(9-30(3)28-11)15-8-25-21(24)20(26-15)16-10-29(2)22(31)19(27-16)13-6-12(32-4)7-17(33-5)18(13)23/h6-10,22,31H,1-5H3,(H2,24,25). The fourth-order valence-corrected chi connectivity index (χ4v) is 3.86. The maximum absolute atomic E-state index is 10.9. The zero-order valence-corrected chi connectivity index (χ0v) is 19.6. The van der Waals surface area contributed by atoms with Crippen molar-refractivity contribution in [1.82, 2.24) is 24.6 Å². The van der Waals surface area contributed by atoms with Crippen LogP contribution in [0.2, 0.25) is 5.02 Å². The minimum absolute atomic E-state index is 0.203. The van der Waals surface area contributed by atoms with Gasteiger partial charge in [0.25, 0.3) is 0 Å². The largest absolute Gasteiger partial charge is 0.497 e. The quantitative estimate of drug-likeness (QED) is 0.584. The molecule has 3 N–H and O–H groups in total. The van der Waals surface area contributed by atoms with E-state index in [2.05, 4.69) is 15.1 Å². The van der Waals surface area contributed by atoms with Gasteiger partial charge in [-0.2, -0.15) is 5.10 Å². The lowest BCUT2D eigenvalue weighted by molar-refractivity contribution is 0.116. The topological polar surface area (TPSA) is 124 Å². The van der Waals surface area contributed by atoms with E-state index in [4.69, 9.17) is 31.8 Å². The van der Waals surface area contributed by atoms with Crippen LogP contribution >= 0.6 is 11.6 Å². The number of hydrogen-bond acceptors (Lipinski definition) is 9. The predicted molar refractivity (Wildman–Crippen MR) is 126 cm³/mol. The normalized spacial score (nSPS) is 15.8. The zero-order valence-electron chi connectivity index (χ0n) is 18.9. The second-order valence-corrected chi connectivity index (χ2v) is 7.91. The Kier molecular flexibility index (Phi) is 5.96. The first-order valence-electron chi connectivity index (χ1n) is 9.99. The van der Waals surface area contributed by atoms with Crippen LogP contribution in [0.5, 0.6) is 11.5 Å². The van der Waals surface area contributed by atoms with Crippen LogP contribution in [-0.2, 0) is 7.05 Å². The SMILES string of the molecule is COc1cc(OC)c(Cl)c(C2=NC(c3nc(-c4cn(C)nc4C)cnc3N)=CN(C)C2O)c1. The number of aliphatic hydroxyl groups excluding tert-OH is 1. The number of benzene rings is 1. The van der Waals surface area contributed by atoms with Crippen molar-refractivity contribution in [2.45, 2.75) is 13.2 Å². The summed E-state index contributed by atoms with van der Waals surface area (Å²) in [5, 5.41) is 15.5. The summed E-state index contributed by atoms with van der Waals surface area (Å²) in [6.07, 6.45) is 4.04. The molecule has 2 aromatic heterocycles. The molecule has 3 heterocycles. The average molecular weight is 470 g/mol. The fourth-order valence-electron chi connectivity index (χ4n) is 3.58. The number of aliphatic hydroxyl groups is 1. The van der Waals surface area contributed by atoms with E-state index in [9.17, 15) is 5.11 Å². The summed E-state index contributed by atoms with van der Waals surface area (Å²) in [4.78, 5) is 15.3. The lowest BCUT2D eigenvalue weighted by atomic mass is 10.0. The molecule has 1 atom stereocenters. The molecule has 11 heteroatoms. The second kappa shape index (κ2) is 8.72. The minimum Gasteiger partial charge on any atom is -0.497 e. The van der Waals surface area contributed by atoms with Crippen LogP contribution in [0.4, 0.5) is 5.82 Å². The molecule has 1 aliphatic heterocycles. The Bertz CT molecular complexity index is 1290. The summed E-state index contributed by atoms with van der Waals surface area (Å²) in [5.74, 6) is 1.11. The molecule has 0 fully saturated rings. The van der Waals surface area contributed by atoms with Gasteiger partial charge >= 0.3 is 0 Å². The molecule has 3 aromatic rings. The number of ether oxygens (including phenoxy) is 2. The van der Waals surface area contributed by atoms with Gasteiger partial charge in [-0.3, -0.25) is 4.68 Å². The van der Waals surface area contributed by atoms with Crippen molar-refractivity contribution >= 4 is 28.8 Å². The van der Waals surface area contributed by atoms with Crippen molar-refractivity contribution in [1.29, 1.82) is 0 Å². The van der Waals surface area contributed by atoms with E-state index in [1.807, 2.05) is 20.2 Å². The van der Waals surface area contributed by atoms with E-state index in [0.29, 0.717) is 44.9 Å². The smallest absolute Gasteiger partial charge is 0.170 e. The number of methoxy groups -OCH3 is 2. The number of likely N-dealkylation sites (N-methyl/N-ethyl adjacent to an activating group) is 1. The first-order valence-corrected chi connectivity index (χ1v) is 10.4. The Morgan fingerprint density at radius 3 is 2.55 bits per heavy atom. The van der Waals surface area contributed by atoms with Crippen LogP contribution in [0.3, 0.4) is 0 Å². The Hall–Kier alpha value is -3.63. The van der Waals surface area contributed by atoms with Crippen LogP contribution in [0.15, 0.2) is 35.7 Å². The van der Waals surface area contributed by atoms with Crippen molar-refractivity contribution in [2.24, 2.45) is 12.0 Å². The van der Waals surface area contributed by atoms with Crippen LogP contribution < -0.4 is 15.2 Å². The van der Waals surface area contributed by atoms with Gasteiger partial charge in [-0.15, -0.1) is 0 Å². The minimum atomic E-state index is -1.07. The van der Waals surface area contributed by atoms with Crippen molar-refractivity contribution < 1.29 is 14.6 Å². The zero-order chi connectivity index (χ0) is 23.9. The number of rotatable bonds is 5. The summed E-state index contributed by atoms with van der Waals surface area (Å²) in [5.41, 5.74) is 9.98. The Balaban J connectivity index is 1.86. The molecule has 0 amide bonds. The monoisotopic (exact) mass is 469 g/mol. The molecule has 1 aromatic carbocycles. The number of halogens is 1. The predicted octanol–water partition coefficient (Wildman–Crippen LogP) is 2.49. The van der Waals surface area contributed by atoms with E-state index >= 15 is 0 Å². The molecule has 0 saturated heterocycles. The lowest BCUT2D eigenvalue weighted by Gasteiger charge is -2.29. The van der Waals surface area contributed by atoms with Gasteiger partial charge in [0.15, 0.2) is 12.0 Å². The number of nitrogens with zero attached hydrogens (tertiary/aromatic N) is 6. The highest BCUT2D eigenvalue weighted by molar-refractivity contribution is 6.36. The van der Waals surface area contributed by atoms with E-state index in [1.54, 1.807) is 41.2 Å². The van der Waals surface area contributed by atoms with Gasteiger partial charge in [0.2, 0.25) is 0 Å².